The maximum atomic E-state index is 13.9. The summed E-state index contributed by atoms with van der Waals surface area (Å²) in [4.78, 5) is 26.0. The standard InChI is InChI=1S/C25H25FN2O3S/c1-3-23(25(30)27-17-12-14-19(15-13-17)31-4-2)32-20-9-7-8-18(16-20)28-24(29)21-10-5-6-11-22(21)26/h5-16,23H,3-4H2,1-2H3,(H,27,30)(H,28,29). The quantitative estimate of drug-likeness (QED) is 0.392. The molecule has 0 radical (unpaired) electrons. The van der Waals surface area contributed by atoms with Gasteiger partial charge in [0.25, 0.3) is 5.91 Å². The molecule has 0 fully saturated rings. The Bertz CT molecular complexity index is 1070. The van der Waals surface area contributed by atoms with Gasteiger partial charge in [0.1, 0.15) is 11.6 Å². The monoisotopic (exact) mass is 452 g/mol. The molecule has 0 aliphatic heterocycles. The number of hydrogen-bond acceptors (Lipinski definition) is 4. The van der Waals surface area contributed by atoms with Crippen molar-refractivity contribution < 1.29 is 18.7 Å². The van der Waals surface area contributed by atoms with Gasteiger partial charge in [-0.15, -0.1) is 11.8 Å². The Labute approximate surface area is 191 Å². The molecule has 2 N–H and O–H groups in total. The zero-order valence-electron chi connectivity index (χ0n) is 17.9. The first-order chi connectivity index (χ1) is 15.5. The van der Waals surface area contributed by atoms with E-state index in [0.29, 0.717) is 24.4 Å². The van der Waals surface area contributed by atoms with Gasteiger partial charge in [0, 0.05) is 16.3 Å². The van der Waals surface area contributed by atoms with Crippen LogP contribution < -0.4 is 15.4 Å². The summed E-state index contributed by atoms with van der Waals surface area (Å²) in [7, 11) is 0. The molecule has 0 heterocycles. The highest BCUT2D eigenvalue weighted by Gasteiger charge is 2.19. The normalized spacial score (nSPS) is 11.5. The van der Waals surface area contributed by atoms with E-state index in [0.717, 1.165) is 10.6 Å². The van der Waals surface area contributed by atoms with Gasteiger partial charge in [-0.2, -0.15) is 0 Å². The van der Waals surface area contributed by atoms with Gasteiger partial charge in [0.05, 0.1) is 17.4 Å². The van der Waals surface area contributed by atoms with Crippen molar-refractivity contribution >= 4 is 35.0 Å². The Morgan fingerprint density at radius 1 is 0.938 bits per heavy atom. The molecule has 3 aromatic carbocycles. The summed E-state index contributed by atoms with van der Waals surface area (Å²) in [6.07, 6.45) is 0.624. The Morgan fingerprint density at radius 3 is 2.38 bits per heavy atom. The fourth-order valence-electron chi connectivity index (χ4n) is 3.00. The summed E-state index contributed by atoms with van der Waals surface area (Å²) in [5.74, 6) is -0.457. The molecule has 0 spiro atoms. The number of halogens is 1. The summed E-state index contributed by atoms with van der Waals surface area (Å²) in [6.45, 7) is 4.44. The lowest BCUT2D eigenvalue weighted by molar-refractivity contribution is -0.115. The van der Waals surface area contributed by atoms with Crippen LogP contribution in [0.2, 0.25) is 0 Å². The van der Waals surface area contributed by atoms with E-state index >= 15 is 0 Å². The molecular formula is C25H25FN2O3S. The zero-order valence-corrected chi connectivity index (χ0v) is 18.7. The van der Waals surface area contributed by atoms with E-state index in [9.17, 15) is 14.0 Å². The zero-order chi connectivity index (χ0) is 22.9. The van der Waals surface area contributed by atoms with Crippen LogP contribution in [-0.4, -0.2) is 23.7 Å². The van der Waals surface area contributed by atoms with E-state index < -0.39 is 11.7 Å². The lowest BCUT2D eigenvalue weighted by Gasteiger charge is -2.16. The molecule has 32 heavy (non-hydrogen) atoms. The van der Waals surface area contributed by atoms with E-state index in [2.05, 4.69) is 10.6 Å². The molecule has 0 aliphatic rings. The summed E-state index contributed by atoms with van der Waals surface area (Å²) in [5.41, 5.74) is 1.21. The SMILES string of the molecule is CCOc1ccc(NC(=O)C(CC)Sc2cccc(NC(=O)c3ccccc3F)c2)cc1. The van der Waals surface area contributed by atoms with Gasteiger partial charge in [-0.25, -0.2) is 4.39 Å². The second kappa shape index (κ2) is 11.3. The first kappa shape index (κ1) is 23.3. The van der Waals surface area contributed by atoms with Crippen LogP contribution in [0, 0.1) is 5.82 Å². The van der Waals surface area contributed by atoms with Crippen LogP contribution in [0.1, 0.15) is 30.6 Å². The van der Waals surface area contributed by atoms with Crippen LogP contribution in [0.3, 0.4) is 0 Å². The van der Waals surface area contributed by atoms with E-state index in [-0.39, 0.29) is 16.7 Å². The molecule has 3 aromatic rings. The molecule has 1 unspecified atom stereocenters. The molecule has 2 amide bonds. The second-order valence-corrected chi connectivity index (χ2v) is 8.20. The highest BCUT2D eigenvalue weighted by atomic mass is 32.2. The minimum absolute atomic E-state index is 0.0216. The summed E-state index contributed by atoms with van der Waals surface area (Å²) in [5, 5.41) is 5.32. The molecule has 0 aromatic heterocycles. The van der Waals surface area contributed by atoms with Gasteiger partial charge in [-0.1, -0.05) is 25.1 Å². The molecular weight excluding hydrogens is 427 g/mol. The highest BCUT2D eigenvalue weighted by Crippen LogP contribution is 2.29. The highest BCUT2D eigenvalue weighted by molar-refractivity contribution is 8.00. The number of carbonyl (C=O) groups excluding carboxylic acids is 2. The summed E-state index contributed by atoms with van der Waals surface area (Å²) in [6, 6.07) is 20.2. The fourth-order valence-corrected chi connectivity index (χ4v) is 4.01. The van der Waals surface area contributed by atoms with Crippen LogP contribution in [0.5, 0.6) is 5.75 Å². The summed E-state index contributed by atoms with van der Waals surface area (Å²) >= 11 is 1.41. The number of benzene rings is 3. The minimum Gasteiger partial charge on any atom is -0.494 e. The second-order valence-electron chi connectivity index (χ2n) is 6.92. The number of ether oxygens (including phenoxy) is 1. The number of hydrogen-bond donors (Lipinski definition) is 2. The van der Waals surface area contributed by atoms with Gasteiger partial charge in [0.15, 0.2) is 0 Å². The molecule has 0 saturated heterocycles. The number of rotatable bonds is 9. The molecule has 166 valence electrons. The Morgan fingerprint density at radius 2 is 1.69 bits per heavy atom. The van der Waals surface area contributed by atoms with Crippen molar-refractivity contribution in [2.24, 2.45) is 0 Å². The van der Waals surface area contributed by atoms with Crippen LogP contribution in [0.25, 0.3) is 0 Å². The maximum absolute atomic E-state index is 13.9. The van der Waals surface area contributed by atoms with E-state index in [4.69, 9.17) is 4.74 Å². The van der Waals surface area contributed by atoms with Crippen LogP contribution in [0.15, 0.2) is 77.7 Å². The van der Waals surface area contributed by atoms with Crippen molar-refractivity contribution in [1.82, 2.24) is 0 Å². The number of anilines is 2. The Hall–Kier alpha value is -3.32. The smallest absolute Gasteiger partial charge is 0.258 e. The average Bonchev–Trinajstić information content (AvgIpc) is 2.79. The van der Waals surface area contributed by atoms with Crippen LogP contribution in [-0.2, 0) is 4.79 Å². The minimum atomic E-state index is -0.576. The lowest BCUT2D eigenvalue weighted by Crippen LogP contribution is -2.24. The Kier molecular flexibility index (Phi) is 8.27. The number of nitrogens with one attached hydrogen (secondary N) is 2. The summed E-state index contributed by atoms with van der Waals surface area (Å²) < 4.78 is 19.3. The number of amides is 2. The van der Waals surface area contributed by atoms with Crippen molar-refractivity contribution in [2.45, 2.75) is 30.4 Å². The predicted molar refractivity (Wildman–Crippen MR) is 127 cm³/mol. The van der Waals surface area contributed by atoms with Crippen LogP contribution >= 0.6 is 11.8 Å². The van der Waals surface area contributed by atoms with Gasteiger partial charge < -0.3 is 15.4 Å². The molecule has 0 saturated carbocycles. The topological polar surface area (TPSA) is 67.4 Å². The van der Waals surface area contributed by atoms with Crippen molar-refractivity contribution in [3.8, 4) is 5.75 Å². The lowest BCUT2D eigenvalue weighted by atomic mass is 10.2. The molecule has 3 rings (SSSR count). The van der Waals surface area contributed by atoms with Gasteiger partial charge in [0.2, 0.25) is 5.91 Å². The molecule has 1 atom stereocenters. The average molecular weight is 453 g/mol. The third-order valence-corrected chi connectivity index (χ3v) is 5.94. The van der Waals surface area contributed by atoms with Crippen molar-refractivity contribution in [3.05, 3.63) is 84.2 Å². The molecule has 7 heteroatoms. The molecule has 0 aliphatic carbocycles. The fraction of sp³-hybridized carbons (Fsp3) is 0.200. The van der Waals surface area contributed by atoms with Crippen molar-refractivity contribution in [3.63, 3.8) is 0 Å². The Balaban J connectivity index is 1.64. The van der Waals surface area contributed by atoms with Crippen molar-refractivity contribution in [1.29, 1.82) is 0 Å². The predicted octanol–water partition coefficient (Wildman–Crippen LogP) is 5.99. The van der Waals surface area contributed by atoms with Crippen LogP contribution in [0.4, 0.5) is 15.8 Å². The van der Waals surface area contributed by atoms with E-state index in [1.54, 1.807) is 36.4 Å². The number of thioether (sulfide) groups is 1. The number of carbonyl (C=O) groups is 2. The molecule has 0 bridgehead atoms. The first-order valence-electron chi connectivity index (χ1n) is 10.4. The van der Waals surface area contributed by atoms with Gasteiger partial charge >= 0.3 is 0 Å². The molecule has 5 nitrogen and oxygen atoms in total. The third-order valence-electron chi connectivity index (χ3n) is 4.58. The van der Waals surface area contributed by atoms with Crippen molar-refractivity contribution in [2.75, 3.05) is 17.2 Å². The van der Waals surface area contributed by atoms with Gasteiger partial charge in [-0.05, 0) is 67.9 Å². The maximum Gasteiger partial charge on any atom is 0.258 e. The third kappa shape index (κ3) is 6.34. The van der Waals surface area contributed by atoms with Gasteiger partial charge in [-0.3, -0.25) is 9.59 Å². The largest absolute Gasteiger partial charge is 0.494 e. The van der Waals surface area contributed by atoms with E-state index in [1.165, 1.54) is 30.0 Å². The van der Waals surface area contributed by atoms with E-state index in [1.807, 2.05) is 32.0 Å². The first-order valence-corrected chi connectivity index (χ1v) is 11.2.